The maximum Gasteiger partial charge on any atom is 0.275 e. The summed E-state index contributed by atoms with van der Waals surface area (Å²) in [5.41, 5.74) is 1.77. The Balaban J connectivity index is 1.75. The molecule has 1 aromatic heterocycles. The topological polar surface area (TPSA) is 93.1 Å². The van der Waals surface area contributed by atoms with Crippen LogP contribution in [0.5, 0.6) is 0 Å². The highest BCUT2D eigenvalue weighted by Crippen LogP contribution is 2.19. The van der Waals surface area contributed by atoms with Crippen molar-refractivity contribution in [3.8, 4) is 0 Å². The Labute approximate surface area is 149 Å². The molecule has 0 atom stereocenters. The lowest BCUT2D eigenvalue weighted by molar-refractivity contribution is -0.117. The summed E-state index contributed by atoms with van der Waals surface area (Å²) in [5, 5.41) is 10.7. The number of benzene rings is 2. The van der Waals surface area contributed by atoms with E-state index in [-0.39, 0.29) is 23.9 Å². The van der Waals surface area contributed by atoms with Gasteiger partial charge in [0, 0.05) is 23.7 Å². The first-order valence-corrected chi connectivity index (χ1v) is 8.07. The Bertz CT molecular complexity index is 1060. The standard InChI is InChI=1S/C19H18N4O3/c1-12-9-15(7-8-17(12)21-13(2)24)22-18(25)11-23-19(26)16-6-4-3-5-14(16)10-20-23/h3-10H,11H2,1-2H3,(H,21,24)(H,22,25). The summed E-state index contributed by atoms with van der Waals surface area (Å²) in [5.74, 6) is -0.520. The summed E-state index contributed by atoms with van der Waals surface area (Å²) in [6.07, 6.45) is 1.57. The van der Waals surface area contributed by atoms with E-state index < -0.39 is 0 Å². The predicted molar refractivity (Wildman–Crippen MR) is 100 cm³/mol. The average molecular weight is 350 g/mol. The van der Waals surface area contributed by atoms with E-state index in [4.69, 9.17) is 0 Å². The molecule has 132 valence electrons. The van der Waals surface area contributed by atoms with Gasteiger partial charge in [-0.05, 0) is 36.8 Å². The summed E-state index contributed by atoms with van der Waals surface area (Å²) in [6, 6.07) is 12.3. The molecule has 0 saturated carbocycles. The van der Waals surface area contributed by atoms with Crippen molar-refractivity contribution in [3.05, 3.63) is 64.6 Å². The Hall–Kier alpha value is -3.48. The molecule has 0 aliphatic rings. The summed E-state index contributed by atoms with van der Waals surface area (Å²) >= 11 is 0. The van der Waals surface area contributed by atoms with Crippen molar-refractivity contribution in [2.75, 3.05) is 10.6 Å². The highest BCUT2D eigenvalue weighted by molar-refractivity contribution is 5.93. The van der Waals surface area contributed by atoms with E-state index in [1.807, 2.05) is 13.0 Å². The number of carbonyl (C=O) groups excluding carboxylic acids is 2. The molecule has 7 nitrogen and oxygen atoms in total. The van der Waals surface area contributed by atoms with Gasteiger partial charge < -0.3 is 10.6 Å². The van der Waals surface area contributed by atoms with Crippen molar-refractivity contribution in [1.29, 1.82) is 0 Å². The van der Waals surface area contributed by atoms with Crippen molar-refractivity contribution in [2.24, 2.45) is 0 Å². The van der Waals surface area contributed by atoms with Gasteiger partial charge in [-0.2, -0.15) is 5.10 Å². The molecular weight excluding hydrogens is 332 g/mol. The molecule has 0 saturated heterocycles. The van der Waals surface area contributed by atoms with Crippen LogP contribution in [-0.2, 0) is 16.1 Å². The lowest BCUT2D eigenvalue weighted by Crippen LogP contribution is -2.29. The number of aromatic nitrogens is 2. The molecule has 26 heavy (non-hydrogen) atoms. The smallest absolute Gasteiger partial charge is 0.275 e. The molecule has 2 N–H and O–H groups in total. The fourth-order valence-corrected chi connectivity index (χ4v) is 2.65. The van der Waals surface area contributed by atoms with Crippen LogP contribution in [0.2, 0.25) is 0 Å². The van der Waals surface area contributed by atoms with Crippen LogP contribution in [0.15, 0.2) is 53.5 Å². The van der Waals surface area contributed by atoms with Gasteiger partial charge in [0.2, 0.25) is 11.8 Å². The summed E-state index contributed by atoms with van der Waals surface area (Å²) in [4.78, 5) is 35.8. The quantitative estimate of drug-likeness (QED) is 0.755. The Morgan fingerprint density at radius 2 is 1.88 bits per heavy atom. The summed E-state index contributed by atoms with van der Waals surface area (Å²) in [6.45, 7) is 3.08. The fourth-order valence-electron chi connectivity index (χ4n) is 2.65. The van der Waals surface area contributed by atoms with Crippen LogP contribution in [0.3, 0.4) is 0 Å². The molecule has 2 amide bonds. The predicted octanol–water partition coefficient (Wildman–Crippen LogP) is 2.30. The van der Waals surface area contributed by atoms with Gasteiger partial charge in [0.1, 0.15) is 6.54 Å². The number of nitrogens with zero attached hydrogens (tertiary/aromatic N) is 2. The Kier molecular flexibility index (Phi) is 4.79. The zero-order chi connectivity index (χ0) is 18.7. The molecule has 0 aliphatic carbocycles. The summed E-state index contributed by atoms with van der Waals surface area (Å²) in [7, 11) is 0. The summed E-state index contributed by atoms with van der Waals surface area (Å²) < 4.78 is 1.14. The third-order valence-electron chi connectivity index (χ3n) is 3.88. The second-order valence-corrected chi connectivity index (χ2v) is 5.95. The van der Waals surface area contributed by atoms with Crippen LogP contribution in [0.4, 0.5) is 11.4 Å². The van der Waals surface area contributed by atoms with Gasteiger partial charge in [0.05, 0.1) is 11.6 Å². The largest absolute Gasteiger partial charge is 0.326 e. The van der Waals surface area contributed by atoms with Gasteiger partial charge >= 0.3 is 0 Å². The van der Waals surface area contributed by atoms with E-state index >= 15 is 0 Å². The number of aryl methyl sites for hydroxylation is 1. The zero-order valence-corrected chi connectivity index (χ0v) is 14.4. The van der Waals surface area contributed by atoms with E-state index in [1.54, 1.807) is 42.6 Å². The molecule has 0 aliphatic heterocycles. The average Bonchev–Trinajstić information content (AvgIpc) is 2.60. The van der Waals surface area contributed by atoms with Crippen molar-refractivity contribution >= 4 is 34.0 Å². The minimum Gasteiger partial charge on any atom is -0.326 e. The lowest BCUT2D eigenvalue weighted by Gasteiger charge is -2.11. The molecule has 0 unspecified atom stereocenters. The highest BCUT2D eigenvalue weighted by Gasteiger charge is 2.10. The van der Waals surface area contributed by atoms with E-state index in [9.17, 15) is 14.4 Å². The number of carbonyl (C=O) groups is 2. The normalized spacial score (nSPS) is 10.5. The molecular formula is C19H18N4O3. The number of rotatable bonds is 4. The molecule has 0 spiro atoms. The van der Waals surface area contributed by atoms with Gasteiger partial charge in [0.15, 0.2) is 0 Å². The minimum atomic E-state index is -0.360. The van der Waals surface area contributed by atoms with Gasteiger partial charge in [-0.15, -0.1) is 0 Å². The van der Waals surface area contributed by atoms with Crippen molar-refractivity contribution in [1.82, 2.24) is 9.78 Å². The van der Waals surface area contributed by atoms with Crippen LogP contribution in [0.25, 0.3) is 10.8 Å². The number of hydrogen-bond acceptors (Lipinski definition) is 4. The van der Waals surface area contributed by atoms with Crippen LogP contribution in [-0.4, -0.2) is 21.6 Å². The van der Waals surface area contributed by atoms with Crippen LogP contribution >= 0.6 is 0 Å². The van der Waals surface area contributed by atoms with Crippen LogP contribution < -0.4 is 16.2 Å². The SMILES string of the molecule is CC(=O)Nc1ccc(NC(=O)Cn2ncc3ccccc3c2=O)cc1C. The first-order valence-electron chi connectivity index (χ1n) is 8.07. The zero-order valence-electron chi connectivity index (χ0n) is 14.4. The number of hydrogen-bond donors (Lipinski definition) is 2. The second kappa shape index (κ2) is 7.18. The maximum absolute atomic E-state index is 12.4. The van der Waals surface area contributed by atoms with Gasteiger partial charge in [-0.3, -0.25) is 14.4 Å². The van der Waals surface area contributed by atoms with Gasteiger partial charge in [0.25, 0.3) is 5.56 Å². The Morgan fingerprint density at radius 1 is 1.12 bits per heavy atom. The Morgan fingerprint density at radius 3 is 2.62 bits per heavy atom. The third kappa shape index (κ3) is 3.77. The third-order valence-corrected chi connectivity index (χ3v) is 3.88. The van der Waals surface area contributed by atoms with Crippen molar-refractivity contribution in [2.45, 2.75) is 20.4 Å². The molecule has 2 aromatic carbocycles. The fraction of sp³-hybridized carbons (Fsp3) is 0.158. The lowest BCUT2D eigenvalue weighted by atomic mass is 10.1. The molecule has 0 fully saturated rings. The van der Waals surface area contributed by atoms with E-state index in [0.29, 0.717) is 16.8 Å². The monoisotopic (exact) mass is 350 g/mol. The van der Waals surface area contributed by atoms with Crippen molar-refractivity contribution in [3.63, 3.8) is 0 Å². The first kappa shape index (κ1) is 17.3. The van der Waals surface area contributed by atoms with E-state index in [1.165, 1.54) is 6.92 Å². The van der Waals surface area contributed by atoms with Gasteiger partial charge in [-0.1, -0.05) is 18.2 Å². The van der Waals surface area contributed by atoms with E-state index in [2.05, 4.69) is 15.7 Å². The first-order chi connectivity index (χ1) is 12.4. The van der Waals surface area contributed by atoms with Crippen LogP contribution in [0.1, 0.15) is 12.5 Å². The van der Waals surface area contributed by atoms with Crippen LogP contribution in [0, 0.1) is 6.92 Å². The molecule has 0 bridgehead atoms. The molecule has 3 aromatic rings. The molecule has 0 radical (unpaired) electrons. The van der Waals surface area contributed by atoms with Crippen molar-refractivity contribution < 1.29 is 9.59 Å². The number of nitrogens with one attached hydrogen (secondary N) is 2. The molecule has 3 rings (SSSR count). The molecule has 1 heterocycles. The van der Waals surface area contributed by atoms with E-state index in [0.717, 1.165) is 15.6 Å². The number of amides is 2. The number of anilines is 2. The highest BCUT2D eigenvalue weighted by atomic mass is 16.2. The maximum atomic E-state index is 12.4. The molecule has 7 heteroatoms. The van der Waals surface area contributed by atoms with Gasteiger partial charge in [-0.25, -0.2) is 4.68 Å². The number of fused-ring (bicyclic) bond motifs is 1. The minimum absolute atomic E-state index is 0.161. The second-order valence-electron chi connectivity index (χ2n) is 5.95.